The third kappa shape index (κ3) is 6.54. The van der Waals surface area contributed by atoms with Crippen LogP contribution in [0.15, 0.2) is 53.4 Å². The van der Waals surface area contributed by atoms with Crippen LogP contribution in [0.25, 0.3) is 6.08 Å². The average molecular weight is 426 g/mol. The Kier molecular flexibility index (Phi) is 7.68. The van der Waals surface area contributed by atoms with Gasteiger partial charge in [0.15, 0.2) is 11.5 Å². The van der Waals surface area contributed by atoms with Gasteiger partial charge in [-0.3, -0.25) is 4.79 Å². The van der Waals surface area contributed by atoms with Crippen molar-refractivity contribution in [1.82, 2.24) is 10.0 Å². The van der Waals surface area contributed by atoms with Crippen LogP contribution in [0.3, 0.4) is 0 Å². The Labute approximate surface area is 167 Å². The lowest BCUT2D eigenvalue weighted by molar-refractivity contribution is -0.116. The summed E-state index contributed by atoms with van der Waals surface area (Å²) in [4.78, 5) is 12.1. The minimum atomic E-state index is -3.51. The van der Waals surface area contributed by atoms with Gasteiger partial charge in [0.2, 0.25) is 15.9 Å². The van der Waals surface area contributed by atoms with Gasteiger partial charge in [-0.15, -0.1) is 0 Å². The first kappa shape index (κ1) is 22.3. The molecule has 0 saturated heterocycles. The van der Waals surface area contributed by atoms with Gasteiger partial charge in [0.1, 0.15) is 0 Å². The van der Waals surface area contributed by atoms with E-state index in [1.807, 2.05) is 0 Å². The van der Waals surface area contributed by atoms with E-state index in [1.165, 1.54) is 56.6 Å². The lowest BCUT2D eigenvalue weighted by atomic mass is 10.2. The summed E-state index contributed by atoms with van der Waals surface area (Å²) >= 11 is 0. The minimum absolute atomic E-state index is 0.104. The molecule has 0 atom stereocenters. The highest BCUT2D eigenvalue weighted by atomic mass is 32.2. The molecule has 7 nitrogen and oxygen atoms in total. The van der Waals surface area contributed by atoms with Gasteiger partial charge in [-0.05, 0) is 48.5 Å². The summed E-state index contributed by atoms with van der Waals surface area (Å²) in [6.07, 6.45) is 2.77. The van der Waals surface area contributed by atoms with Crippen molar-refractivity contribution in [2.24, 2.45) is 0 Å². The normalized spacial score (nSPS) is 11.6. The second-order valence-electron chi connectivity index (χ2n) is 5.69. The Morgan fingerprint density at radius 1 is 1.14 bits per heavy atom. The highest BCUT2D eigenvalue weighted by Crippen LogP contribution is 2.29. The van der Waals surface area contributed by atoms with E-state index in [0.29, 0.717) is 5.56 Å². The van der Waals surface area contributed by atoms with Crippen LogP contribution in [0, 0.1) is 0 Å². The number of alkyl halides is 2. The van der Waals surface area contributed by atoms with Crippen molar-refractivity contribution in [3.63, 3.8) is 0 Å². The van der Waals surface area contributed by atoms with Crippen LogP contribution in [0.5, 0.6) is 11.5 Å². The van der Waals surface area contributed by atoms with Crippen LogP contribution in [0.4, 0.5) is 8.78 Å². The van der Waals surface area contributed by atoms with Crippen LogP contribution in [-0.2, 0) is 21.4 Å². The van der Waals surface area contributed by atoms with E-state index in [0.717, 1.165) is 5.56 Å². The predicted octanol–water partition coefficient (Wildman–Crippen LogP) is 2.53. The Morgan fingerprint density at radius 3 is 2.41 bits per heavy atom. The first-order valence-corrected chi connectivity index (χ1v) is 9.84. The number of ether oxygens (including phenoxy) is 2. The third-order valence-corrected chi connectivity index (χ3v) is 5.23. The first-order valence-electron chi connectivity index (χ1n) is 8.36. The van der Waals surface area contributed by atoms with Crippen molar-refractivity contribution in [2.45, 2.75) is 18.1 Å². The molecular weight excluding hydrogens is 406 g/mol. The number of carbonyl (C=O) groups is 1. The number of carbonyl (C=O) groups excluding carboxylic acids is 1. The quantitative estimate of drug-likeness (QED) is 0.601. The van der Waals surface area contributed by atoms with Gasteiger partial charge < -0.3 is 14.8 Å². The van der Waals surface area contributed by atoms with E-state index in [2.05, 4.69) is 14.8 Å². The minimum Gasteiger partial charge on any atom is -0.493 e. The van der Waals surface area contributed by atoms with E-state index in [9.17, 15) is 22.0 Å². The van der Waals surface area contributed by atoms with Gasteiger partial charge in [-0.25, -0.2) is 13.1 Å². The molecule has 2 N–H and O–H groups in total. The third-order valence-electron chi connectivity index (χ3n) is 3.80. The molecule has 10 heteroatoms. The van der Waals surface area contributed by atoms with Gasteiger partial charge in [-0.1, -0.05) is 18.2 Å². The summed E-state index contributed by atoms with van der Waals surface area (Å²) in [5.41, 5.74) is 1.28. The summed E-state index contributed by atoms with van der Waals surface area (Å²) in [6.45, 7) is -2.77. The highest BCUT2D eigenvalue weighted by molar-refractivity contribution is 7.89. The number of methoxy groups -OCH3 is 1. The van der Waals surface area contributed by atoms with Crippen LogP contribution in [-0.4, -0.2) is 35.1 Å². The largest absolute Gasteiger partial charge is 0.493 e. The monoisotopic (exact) mass is 426 g/mol. The fourth-order valence-corrected chi connectivity index (χ4v) is 3.04. The number of amides is 1. The molecule has 0 saturated carbocycles. The SMILES string of the molecule is CNS(=O)(=O)c1ccc(CNC(=O)/C=C/c2ccc(OC(F)F)c(OC)c2)cc1. The zero-order valence-electron chi connectivity index (χ0n) is 15.7. The van der Waals surface area contributed by atoms with Crippen molar-refractivity contribution in [3.05, 3.63) is 59.7 Å². The fourth-order valence-electron chi connectivity index (χ4n) is 2.31. The van der Waals surface area contributed by atoms with Crippen molar-refractivity contribution >= 4 is 22.0 Å². The maximum absolute atomic E-state index is 12.3. The van der Waals surface area contributed by atoms with E-state index in [4.69, 9.17) is 4.74 Å². The summed E-state index contributed by atoms with van der Waals surface area (Å²) < 4.78 is 59.6. The molecule has 2 aromatic carbocycles. The molecular formula is C19H20F2N2O5S. The molecule has 0 heterocycles. The summed E-state index contributed by atoms with van der Waals surface area (Å²) in [7, 11) is -0.866. The molecule has 0 aliphatic carbocycles. The van der Waals surface area contributed by atoms with Gasteiger partial charge in [0.05, 0.1) is 12.0 Å². The molecule has 0 aromatic heterocycles. The van der Waals surface area contributed by atoms with Crippen molar-refractivity contribution < 1.29 is 31.5 Å². The predicted molar refractivity (Wildman–Crippen MR) is 103 cm³/mol. The topological polar surface area (TPSA) is 93.7 Å². The molecule has 2 rings (SSSR count). The molecule has 156 valence electrons. The molecule has 0 aliphatic rings. The molecule has 0 unspecified atom stereocenters. The molecule has 1 amide bonds. The number of halogens is 2. The van der Waals surface area contributed by atoms with Gasteiger partial charge in [0, 0.05) is 12.6 Å². The first-order chi connectivity index (χ1) is 13.7. The molecule has 0 fully saturated rings. The molecule has 0 spiro atoms. The number of sulfonamides is 1. The number of benzene rings is 2. The number of hydrogen-bond donors (Lipinski definition) is 2. The number of rotatable bonds is 9. The van der Waals surface area contributed by atoms with Gasteiger partial charge >= 0.3 is 6.61 Å². The van der Waals surface area contributed by atoms with Crippen molar-refractivity contribution in [3.8, 4) is 11.5 Å². The van der Waals surface area contributed by atoms with E-state index < -0.39 is 16.6 Å². The molecule has 29 heavy (non-hydrogen) atoms. The standard InChI is InChI=1S/C19H20F2N2O5S/c1-22-29(25,26)15-7-3-14(4-8-15)12-23-18(24)10-6-13-5-9-16(28-19(20)21)17(11-13)27-2/h3-11,19,22H,12H2,1-2H3,(H,23,24)/b10-6+. The lowest BCUT2D eigenvalue weighted by Crippen LogP contribution is -2.21. The molecule has 0 bridgehead atoms. The van der Waals surface area contributed by atoms with E-state index >= 15 is 0 Å². The van der Waals surface area contributed by atoms with Crippen LogP contribution in [0.2, 0.25) is 0 Å². The maximum Gasteiger partial charge on any atom is 0.387 e. The van der Waals surface area contributed by atoms with Gasteiger partial charge in [0.25, 0.3) is 0 Å². The summed E-state index contributed by atoms with van der Waals surface area (Å²) in [5, 5.41) is 2.66. The second kappa shape index (κ2) is 9.99. The van der Waals surface area contributed by atoms with Crippen molar-refractivity contribution in [2.75, 3.05) is 14.2 Å². The van der Waals surface area contributed by atoms with E-state index in [1.54, 1.807) is 12.1 Å². The van der Waals surface area contributed by atoms with Crippen LogP contribution < -0.4 is 19.5 Å². The summed E-state index contributed by atoms with van der Waals surface area (Å²) in [6, 6.07) is 10.4. The Hall–Kier alpha value is -2.98. The smallest absolute Gasteiger partial charge is 0.387 e. The van der Waals surface area contributed by atoms with E-state index in [-0.39, 0.29) is 28.8 Å². The van der Waals surface area contributed by atoms with Gasteiger partial charge in [-0.2, -0.15) is 8.78 Å². The second-order valence-corrected chi connectivity index (χ2v) is 7.58. The maximum atomic E-state index is 12.3. The molecule has 0 aliphatic heterocycles. The van der Waals surface area contributed by atoms with Crippen LogP contribution >= 0.6 is 0 Å². The fraction of sp³-hybridized carbons (Fsp3) is 0.211. The average Bonchev–Trinajstić information content (AvgIpc) is 2.71. The lowest BCUT2D eigenvalue weighted by Gasteiger charge is -2.10. The highest BCUT2D eigenvalue weighted by Gasteiger charge is 2.11. The molecule has 2 aromatic rings. The number of nitrogens with one attached hydrogen (secondary N) is 2. The Balaban J connectivity index is 1.96. The zero-order chi connectivity index (χ0) is 21.4. The Morgan fingerprint density at radius 2 is 1.83 bits per heavy atom. The summed E-state index contributed by atoms with van der Waals surface area (Å²) in [5.74, 6) is -0.374. The van der Waals surface area contributed by atoms with Crippen LogP contribution in [0.1, 0.15) is 11.1 Å². The molecule has 0 radical (unpaired) electrons. The van der Waals surface area contributed by atoms with Crippen molar-refractivity contribution in [1.29, 1.82) is 0 Å². The number of hydrogen-bond acceptors (Lipinski definition) is 5. The zero-order valence-corrected chi connectivity index (χ0v) is 16.5. The Bertz CT molecular complexity index is 977.